The second kappa shape index (κ2) is 7.27. The van der Waals surface area contributed by atoms with Crippen molar-refractivity contribution in [3.63, 3.8) is 0 Å². The van der Waals surface area contributed by atoms with Gasteiger partial charge in [-0.15, -0.1) is 10.2 Å². The van der Waals surface area contributed by atoms with Gasteiger partial charge in [0.15, 0.2) is 0 Å². The molecule has 0 saturated heterocycles. The van der Waals surface area contributed by atoms with Crippen molar-refractivity contribution in [1.29, 1.82) is 0 Å². The van der Waals surface area contributed by atoms with E-state index in [9.17, 15) is 4.79 Å². The van der Waals surface area contributed by atoms with Crippen LogP contribution in [0, 0.1) is 0 Å². The highest BCUT2D eigenvalue weighted by Crippen LogP contribution is 2.21. The van der Waals surface area contributed by atoms with Crippen LogP contribution in [0.5, 0.6) is 0 Å². The van der Waals surface area contributed by atoms with Crippen LogP contribution in [-0.2, 0) is 0 Å². The zero-order valence-electron chi connectivity index (χ0n) is 13.1. The van der Waals surface area contributed by atoms with Crippen molar-refractivity contribution in [2.75, 3.05) is 6.54 Å². The van der Waals surface area contributed by atoms with Crippen LogP contribution < -0.4 is 5.32 Å². The van der Waals surface area contributed by atoms with E-state index >= 15 is 0 Å². The molecule has 0 spiro atoms. The molecule has 1 heterocycles. The molecular weight excluding hydrogens is 326 g/mol. The minimum absolute atomic E-state index is 0.0646. The molecule has 6 heteroatoms. The van der Waals surface area contributed by atoms with Crippen molar-refractivity contribution >= 4 is 17.5 Å². The number of aromatic nitrogens is 2. The maximum absolute atomic E-state index is 12.2. The summed E-state index contributed by atoms with van der Waals surface area (Å²) in [5.41, 5.74) is 1.83. The molecule has 3 rings (SSSR count). The number of benzene rings is 2. The van der Waals surface area contributed by atoms with Gasteiger partial charge in [-0.3, -0.25) is 4.79 Å². The molecule has 1 amide bonds. The second-order valence-electron chi connectivity index (χ2n) is 5.44. The van der Waals surface area contributed by atoms with Gasteiger partial charge in [-0.25, -0.2) is 0 Å². The van der Waals surface area contributed by atoms with Crippen LogP contribution in [-0.4, -0.2) is 22.6 Å². The Balaban J connectivity index is 1.64. The summed E-state index contributed by atoms with van der Waals surface area (Å²) in [6, 6.07) is 17.0. The molecule has 1 aromatic heterocycles. The predicted octanol–water partition coefficient (Wildman–Crippen LogP) is 3.92. The van der Waals surface area contributed by atoms with E-state index in [4.69, 9.17) is 16.0 Å². The molecule has 1 unspecified atom stereocenters. The lowest BCUT2D eigenvalue weighted by atomic mass is 10.0. The van der Waals surface area contributed by atoms with Crippen molar-refractivity contribution in [1.82, 2.24) is 15.5 Å². The Morgan fingerprint density at radius 1 is 1.17 bits per heavy atom. The first-order valence-electron chi connectivity index (χ1n) is 7.56. The molecular formula is C18H16ClN3O2. The summed E-state index contributed by atoms with van der Waals surface area (Å²) < 4.78 is 5.43. The van der Waals surface area contributed by atoms with E-state index in [1.807, 2.05) is 37.3 Å². The minimum Gasteiger partial charge on any atom is -0.412 e. The Labute approximate surface area is 144 Å². The van der Waals surface area contributed by atoms with Gasteiger partial charge in [-0.2, -0.15) is 0 Å². The fourth-order valence-corrected chi connectivity index (χ4v) is 2.46. The Kier molecular flexibility index (Phi) is 4.91. The van der Waals surface area contributed by atoms with Gasteiger partial charge in [0, 0.05) is 17.1 Å². The molecule has 0 fully saturated rings. The molecule has 1 N–H and O–H groups in total. The van der Waals surface area contributed by atoms with Crippen LogP contribution >= 0.6 is 11.6 Å². The molecule has 0 aliphatic carbocycles. The Bertz CT molecular complexity index is 833. The summed E-state index contributed by atoms with van der Waals surface area (Å²) in [7, 11) is 0. The largest absolute Gasteiger partial charge is 0.412 e. The van der Waals surface area contributed by atoms with Crippen molar-refractivity contribution in [2.45, 2.75) is 12.8 Å². The maximum Gasteiger partial charge on any atom is 0.308 e. The van der Waals surface area contributed by atoms with E-state index in [-0.39, 0.29) is 17.7 Å². The third-order valence-electron chi connectivity index (χ3n) is 3.63. The number of halogens is 1. The van der Waals surface area contributed by atoms with E-state index in [1.54, 1.807) is 24.3 Å². The minimum atomic E-state index is -0.390. The van der Waals surface area contributed by atoms with Crippen molar-refractivity contribution in [2.24, 2.45) is 0 Å². The first-order valence-corrected chi connectivity index (χ1v) is 7.94. The number of nitrogens with one attached hydrogen (secondary N) is 1. The number of hydrogen-bond acceptors (Lipinski definition) is 4. The Morgan fingerprint density at radius 2 is 1.96 bits per heavy atom. The van der Waals surface area contributed by atoms with Gasteiger partial charge < -0.3 is 9.73 Å². The van der Waals surface area contributed by atoms with Crippen LogP contribution in [0.4, 0.5) is 0 Å². The van der Waals surface area contributed by atoms with Gasteiger partial charge in [0.25, 0.3) is 0 Å². The number of amides is 1. The predicted molar refractivity (Wildman–Crippen MR) is 91.9 cm³/mol. The number of carbonyl (C=O) groups is 1. The molecule has 2 aromatic carbocycles. The molecule has 24 heavy (non-hydrogen) atoms. The number of rotatable bonds is 5. The second-order valence-corrected chi connectivity index (χ2v) is 5.88. The molecule has 0 saturated carbocycles. The lowest BCUT2D eigenvalue weighted by Gasteiger charge is -2.11. The molecule has 3 aromatic rings. The standard InChI is InChI=1S/C18H16ClN3O2/c1-12(13-6-3-2-4-7-13)11-20-16(23)18-22-21-17(24-18)14-8-5-9-15(19)10-14/h2-10,12H,11H2,1H3,(H,20,23). The molecule has 0 bridgehead atoms. The van der Waals surface area contributed by atoms with Crippen LogP contribution in [0.2, 0.25) is 5.02 Å². The average Bonchev–Trinajstić information content (AvgIpc) is 3.10. The monoisotopic (exact) mass is 341 g/mol. The van der Waals surface area contributed by atoms with Crippen LogP contribution in [0.1, 0.15) is 29.1 Å². The quantitative estimate of drug-likeness (QED) is 0.763. The smallest absolute Gasteiger partial charge is 0.308 e. The first-order chi connectivity index (χ1) is 11.6. The molecule has 0 radical (unpaired) electrons. The third kappa shape index (κ3) is 3.81. The first kappa shape index (κ1) is 16.2. The van der Waals surface area contributed by atoms with E-state index in [1.165, 1.54) is 0 Å². The molecule has 1 atom stereocenters. The SMILES string of the molecule is CC(CNC(=O)c1nnc(-c2cccc(Cl)c2)o1)c1ccccc1. The molecule has 122 valence electrons. The lowest BCUT2D eigenvalue weighted by molar-refractivity contribution is 0.0917. The maximum atomic E-state index is 12.2. The molecule has 5 nitrogen and oxygen atoms in total. The molecule has 0 aliphatic heterocycles. The highest BCUT2D eigenvalue weighted by molar-refractivity contribution is 6.30. The Hall–Kier alpha value is -2.66. The lowest BCUT2D eigenvalue weighted by Crippen LogP contribution is -2.27. The van der Waals surface area contributed by atoms with E-state index in [2.05, 4.69) is 15.5 Å². The van der Waals surface area contributed by atoms with Crippen LogP contribution in [0.3, 0.4) is 0 Å². The highest BCUT2D eigenvalue weighted by Gasteiger charge is 2.17. The van der Waals surface area contributed by atoms with Crippen molar-refractivity contribution in [3.05, 3.63) is 71.1 Å². The fourth-order valence-electron chi connectivity index (χ4n) is 2.27. The average molecular weight is 342 g/mol. The summed E-state index contributed by atoms with van der Waals surface area (Å²) in [5.74, 6) is -0.00646. The summed E-state index contributed by atoms with van der Waals surface area (Å²) in [4.78, 5) is 12.2. The summed E-state index contributed by atoms with van der Waals surface area (Å²) >= 11 is 5.94. The van der Waals surface area contributed by atoms with E-state index in [0.29, 0.717) is 17.1 Å². The van der Waals surface area contributed by atoms with Crippen LogP contribution in [0.15, 0.2) is 59.0 Å². The summed E-state index contributed by atoms with van der Waals surface area (Å²) in [6.07, 6.45) is 0. The molecule has 0 aliphatic rings. The number of carbonyl (C=O) groups excluding carboxylic acids is 1. The Morgan fingerprint density at radius 3 is 2.71 bits per heavy atom. The van der Waals surface area contributed by atoms with Crippen LogP contribution in [0.25, 0.3) is 11.5 Å². The van der Waals surface area contributed by atoms with Gasteiger partial charge in [-0.1, -0.05) is 54.9 Å². The number of hydrogen-bond donors (Lipinski definition) is 1. The van der Waals surface area contributed by atoms with E-state index in [0.717, 1.165) is 5.56 Å². The third-order valence-corrected chi connectivity index (χ3v) is 3.86. The topological polar surface area (TPSA) is 68.0 Å². The zero-order valence-corrected chi connectivity index (χ0v) is 13.8. The normalized spacial score (nSPS) is 11.9. The van der Waals surface area contributed by atoms with E-state index < -0.39 is 5.91 Å². The number of nitrogens with zero attached hydrogens (tertiary/aromatic N) is 2. The zero-order chi connectivity index (χ0) is 16.9. The van der Waals surface area contributed by atoms with Gasteiger partial charge in [0.05, 0.1) is 0 Å². The van der Waals surface area contributed by atoms with Crippen molar-refractivity contribution < 1.29 is 9.21 Å². The van der Waals surface area contributed by atoms with Gasteiger partial charge >= 0.3 is 11.8 Å². The summed E-state index contributed by atoms with van der Waals surface area (Å²) in [5, 5.41) is 11.1. The summed E-state index contributed by atoms with van der Waals surface area (Å²) in [6.45, 7) is 2.53. The van der Waals surface area contributed by atoms with Gasteiger partial charge in [0.1, 0.15) is 0 Å². The van der Waals surface area contributed by atoms with Gasteiger partial charge in [0.2, 0.25) is 5.89 Å². The van der Waals surface area contributed by atoms with Crippen molar-refractivity contribution in [3.8, 4) is 11.5 Å². The van der Waals surface area contributed by atoms with Gasteiger partial charge in [-0.05, 0) is 29.7 Å². The highest BCUT2D eigenvalue weighted by atomic mass is 35.5. The fraction of sp³-hybridized carbons (Fsp3) is 0.167.